The van der Waals surface area contributed by atoms with Crippen LogP contribution in [0.5, 0.6) is 0 Å². The summed E-state index contributed by atoms with van der Waals surface area (Å²) in [6.07, 6.45) is 1.50. The first-order valence-electron chi connectivity index (χ1n) is 9.32. The van der Waals surface area contributed by atoms with Gasteiger partial charge in [0.2, 0.25) is 5.91 Å². The van der Waals surface area contributed by atoms with E-state index < -0.39 is 11.7 Å². The molecule has 31 heavy (non-hydrogen) atoms. The number of fused-ring (bicyclic) bond motifs is 1. The van der Waals surface area contributed by atoms with Gasteiger partial charge in [-0.05, 0) is 42.5 Å². The van der Waals surface area contributed by atoms with E-state index in [9.17, 15) is 14.0 Å². The second kappa shape index (κ2) is 9.67. The summed E-state index contributed by atoms with van der Waals surface area (Å²) in [6.45, 7) is 0. The number of hydrogen-bond acceptors (Lipinski definition) is 6. The molecule has 0 aliphatic carbocycles. The minimum absolute atomic E-state index is 0.167. The van der Waals surface area contributed by atoms with Crippen LogP contribution in [0.1, 0.15) is 15.5 Å². The minimum atomic E-state index is -0.520. The second-order valence-electron chi connectivity index (χ2n) is 6.48. The molecule has 2 N–H and O–H groups in total. The molecule has 0 aliphatic heterocycles. The fourth-order valence-corrected chi connectivity index (χ4v) is 4.66. The number of rotatable bonds is 7. The Bertz CT molecular complexity index is 1200. The molecule has 2 amide bonds. The summed E-state index contributed by atoms with van der Waals surface area (Å²) in [7, 11) is 0. The Hall–Kier alpha value is -3.30. The standard InChI is InChI=1S/C22H17FN4O2S2/c23-14-8-9-15(27-22(29)17-6-3-4-10-24-17)18(11-14)25-20(28)12-30-13-21-26-16-5-1-2-7-19(16)31-21/h1-11H,12-13H2,(H,25,28)(H,27,29). The summed E-state index contributed by atoms with van der Waals surface area (Å²) < 4.78 is 14.9. The maximum absolute atomic E-state index is 13.7. The fraction of sp³-hybridized carbons (Fsp3) is 0.0909. The van der Waals surface area contributed by atoms with E-state index in [-0.39, 0.29) is 23.0 Å². The Morgan fingerprint density at radius 3 is 2.65 bits per heavy atom. The molecule has 2 aromatic carbocycles. The Morgan fingerprint density at radius 1 is 1.00 bits per heavy atom. The van der Waals surface area contributed by atoms with Crippen LogP contribution in [-0.2, 0) is 10.5 Å². The van der Waals surface area contributed by atoms with Gasteiger partial charge >= 0.3 is 0 Å². The molecular weight excluding hydrogens is 435 g/mol. The van der Waals surface area contributed by atoms with Crippen molar-refractivity contribution in [1.82, 2.24) is 9.97 Å². The van der Waals surface area contributed by atoms with Gasteiger partial charge in [0.25, 0.3) is 5.91 Å². The van der Waals surface area contributed by atoms with Crippen molar-refractivity contribution in [3.05, 3.63) is 83.4 Å². The van der Waals surface area contributed by atoms with Gasteiger partial charge in [0.05, 0.1) is 27.3 Å². The number of amides is 2. The monoisotopic (exact) mass is 452 g/mol. The van der Waals surface area contributed by atoms with Crippen molar-refractivity contribution in [3.8, 4) is 0 Å². The summed E-state index contributed by atoms with van der Waals surface area (Å²) in [4.78, 5) is 33.3. The van der Waals surface area contributed by atoms with Crippen molar-refractivity contribution in [2.24, 2.45) is 0 Å². The molecule has 2 aromatic heterocycles. The van der Waals surface area contributed by atoms with Gasteiger partial charge in [0, 0.05) is 11.9 Å². The molecule has 9 heteroatoms. The molecular formula is C22H17FN4O2S2. The van der Waals surface area contributed by atoms with Gasteiger partial charge < -0.3 is 10.6 Å². The number of nitrogens with one attached hydrogen (secondary N) is 2. The van der Waals surface area contributed by atoms with E-state index in [0.29, 0.717) is 11.4 Å². The van der Waals surface area contributed by atoms with Gasteiger partial charge in [-0.2, -0.15) is 0 Å². The second-order valence-corrected chi connectivity index (χ2v) is 8.58. The Morgan fingerprint density at radius 2 is 1.84 bits per heavy atom. The first kappa shape index (κ1) is 21.0. The van der Waals surface area contributed by atoms with E-state index in [1.807, 2.05) is 24.3 Å². The Kier molecular flexibility index (Phi) is 6.54. The normalized spacial score (nSPS) is 10.7. The molecule has 0 atom stereocenters. The first-order chi connectivity index (χ1) is 15.1. The SMILES string of the molecule is O=C(CSCc1nc2ccccc2s1)Nc1cc(F)ccc1NC(=O)c1ccccn1. The van der Waals surface area contributed by atoms with Crippen LogP contribution < -0.4 is 10.6 Å². The topological polar surface area (TPSA) is 84.0 Å². The number of nitrogens with zero attached hydrogens (tertiary/aromatic N) is 2. The van der Waals surface area contributed by atoms with Crippen LogP contribution >= 0.6 is 23.1 Å². The maximum Gasteiger partial charge on any atom is 0.274 e. The molecule has 0 aliphatic rings. The van der Waals surface area contributed by atoms with Crippen molar-refractivity contribution in [3.63, 3.8) is 0 Å². The number of carbonyl (C=O) groups is 2. The van der Waals surface area contributed by atoms with Crippen molar-refractivity contribution in [1.29, 1.82) is 0 Å². The zero-order chi connectivity index (χ0) is 21.6. The van der Waals surface area contributed by atoms with Gasteiger partial charge in [-0.15, -0.1) is 23.1 Å². The van der Waals surface area contributed by atoms with Crippen molar-refractivity contribution in [2.75, 3.05) is 16.4 Å². The third-order valence-electron chi connectivity index (χ3n) is 4.20. The first-order valence-corrected chi connectivity index (χ1v) is 11.3. The Labute approximate surface area is 185 Å². The van der Waals surface area contributed by atoms with E-state index in [1.54, 1.807) is 29.5 Å². The van der Waals surface area contributed by atoms with Crippen LogP contribution in [0.25, 0.3) is 10.2 Å². The largest absolute Gasteiger partial charge is 0.323 e. The molecule has 0 spiro atoms. The number of anilines is 2. The smallest absolute Gasteiger partial charge is 0.274 e. The lowest BCUT2D eigenvalue weighted by Gasteiger charge is -2.12. The molecule has 156 valence electrons. The molecule has 6 nitrogen and oxygen atoms in total. The summed E-state index contributed by atoms with van der Waals surface area (Å²) in [5, 5.41) is 6.27. The maximum atomic E-state index is 13.7. The van der Waals surface area contributed by atoms with E-state index in [2.05, 4.69) is 20.6 Å². The van der Waals surface area contributed by atoms with Crippen LogP contribution in [0.15, 0.2) is 66.9 Å². The summed E-state index contributed by atoms with van der Waals surface area (Å²) >= 11 is 3.01. The molecule has 0 unspecified atom stereocenters. The highest BCUT2D eigenvalue weighted by molar-refractivity contribution is 7.99. The average molecular weight is 453 g/mol. The zero-order valence-electron chi connectivity index (χ0n) is 16.2. The minimum Gasteiger partial charge on any atom is -0.323 e. The number of halogens is 1. The highest BCUT2D eigenvalue weighted by Gasteiger charge is 2.13. The van der Waals surface area contributed by atoms with Crippen molar-refractivity contribution in [2.45, 2.75) is 5.75 Å². The number of thioether (sulfide) groups is 1. The van der Waals surface area contributed by atoms with E-state index in [0.717, 1.165) is 15.2 Å². The predicted octanol–water partition coefficient (Wildman–Crippen LogP) is 4.95. The highest BCUT2D eigenvalue weighted by atomic mass is 32.2. The van der Waals surface area contributed by atoms with E-state index in [4.69, 9.17) is 0 Å². The molecule has 0 fully saturated rings. The number of thiazole rings is 1. The van der Waals surface area contributed by atoms with Gasteiger partial charge in [-0.3, -0.25) is 14.6 Å². The Balaban J connectivity index is 1.37. The zero-order valence-corrected chi connectivity index (χ0v) is 17.8. The van der Waals surface area contributed by atoms with Gasteiger partial charge in [0.1, 0.15) is 16.5 Å². The van der Waals surface area contributed by atoms with Gasteiger partial charge in [-0.1, -0.05) is 18.2 Å². The number of carbonyl (C=O) groups excluding carboxylic acids is 2. The van der Waals surface area contributed by atoms with Crippen molar-refractivity contribution >= 4 is 56.5 Å². The molecule has 0 saturated heterocycles. The van der Waals surface area contributed by atoms with Crippen LogP contribution in [-0.4, -0.2) is 27.5 Å². The molecule has 4 aromatic rings. The van der Waals surface area contributed by atoms with Crippen LogP contribution in [0, 0.1) is 5.82 Å². The summed E-state index contributed by atoms with van der Waals surface area (Å²) in [5.41, 5.74) is 1.65. The predicted molar refractivity (Wildman–Crippen MR) is 123 cm³/mol. The number of para-hydroxylation sites is 1. The fourth-order valence-electron chi connectivity index (χ4n) is 2.81. The third-order valence-corrected chi connectivity index (χ3v) is 6.36. The van der Waals surface area contributed by atoms with Gasteiger partial charge in [-0.25, -0.2) is 9.37 Å². The molecule has 4 rings (SSSR count). The van der Waals surface area contributed by atoms with Crippen molar-refractivity contribution < 1.29 is 14.0 Å². The van der Waals surface area contributed by atoms with Crippen LogP contribution in [0.2, 0.25) is 0 Å². The van der Waals surface area contributed by atoms with Gasteiger partial charge in [0.15, 0.2) is 0 Å². The van der Waals surface area contributed by atoms with Crippen LogP contribution in [0.4, 0.5) is 15.8 Å². The molecule has 0 bridgehead atoms. The van der Waals surface area contributed by atoms with E-state index >= 15 is 0 Å². The number of aromatic nitrogens is 2. The lowest BCUT2D eigenvalue weighted by Crippen LogP contribution is -2.18. The third kappa shape index (κ3) is 5.44. The number of benzene rings is 2. The average Bonchev–Trinajstić information content (AvgIpc) is 3.19. The molecule has 0 radical (unpaired) electrons. The molecule has 2 heterocycles. The van der Waals surface area contributed by atoms with E-state index in [1.165, 1.54) is 36.2 Å². The number of pyridine rings is 1. The number of hydrogen-bond donors (Lipinski definition) is 2. The highest BCUT2D eigenvalue weighted by Crippen LogP contribution is 2.26. The van der Waals surface area contributed by atoms with Crippen LogP contribution in [0.3, 0.4) is 0 Å². The lowest BCUT2D eigenvalue weighted by atomic mass is 10.2. The lowest BCUT2D eigenvalue weighted by molar-refractivity contribution is -0.113. The summed E-state index contributed by atoms with van der Waals surface area (Å²) in [6, 6.07) is 16.6. The summed E-state index contributed by atoms with van der Waals surface area (Å²) in [5.74, 6) is -0.509. The molecule has 0 saturated carbocycles. The quantitative estimate of drug-likeness (QED) is 0.414.